The highest BCUT2D eigenvalue weighted by molar-refractivity contribution is 7.11. The maximum atomic E-state index is 9.56. The maximum Gasteiger partial charge on any atom is 0.122 e. The van der Waals surface area contributed by atoms with E-state index in [4.69, 9.17) is 0 Å². The zero-order chi connectivity index (χ0) is 10.7. The van der Waals surface area contributed by atoms with Crippen LogP contribution in [-0.4, -0.2) is 5.11 Å². The van der Waals surface area contributed by atoms with Crippen LogP contribution in [0.1, 0.15) is 16.0 Å². The number of para-hydroxylation sites is 1. The third-order valence-corrected chi connectivity index (χ3v) is 3.24. The number of benzene rings is 1. The molecule has 15 heavy (non-hydrogen) atoms. The number of aryl methyl sites for hydroxylation is 1. The second-order valence-electron chi connectivity index (χ2n) is 3.36. The Hall–Kier alpha value is -1.54. The number of thiophene rings is 1. The van der Waals surface area contributed by atoms with Crippen LogP contribution in [0, 0.1) is 6.92 Å². The number of hydrogen-bond acceptors (Lipinski definition) is 2. The van der Waals surface area contributed by atoms with Gasteiger partial charge in [-0.3, -0.25) is 0 Å². The van der Waals surface area contributed by atoms with Crippen LogP contribution >= 0.6 is 11.3 Å². The highest BCUT2D eigenvalue weighted by Gasteiger charge is 1.96. The lowest BCUT2D eigenvalue weighted by atomic mass is 10.1. The minimum absolute atomic E-state index is 0.322. The largest absolute Gasteiger partial charge is 0.507 e. The Bertz CT molecular complexity index is 483. The standard InChI is InChI=1S/C13H12OS/c1-10-8-9-15-13(10)7-6-11-4-2-3-5-12(11)14/h2-9,14H,1H3. The Kier molecular flexibility index (Phi) is 2.88. The Morgan fingerprint density at radius 3 is 2.60 bits per heavy atom. The predicted octanol–water partition coefficient (Wildman–Crippen LogP) is 3.93. The molecule has 0 saturated heterocycles. The molecule has 2 rings (SSSR count). The molecule has 1 N–H and O–H groups in total. The van der Waals surface area contributed by atoms with Crippen LogP contribution in [0.5, 0.6) is 5.75 Å². The summed E-state index contributed by atoms with van der Waals surface area (Å²) in [6, 6.07) is 9.43. The SMILES string of the molecule is Cc1ccsc1C=Cc1ccccc1O. The van der Waals surface area contributed by atoms with E-state index < -0.39 is 0 Å². The quantitative estimate of drug-likeness (QED) is 0.806. The minimum Gasteiger partial charge on any atom is -0.507 e. The maximum absolute atomic E-state index is 9.56. The van der Waals surface area contributed by atoms with Crippen molar-refractivity contribution >= 4 is 23.5 Å². The first-order valence-corrected chi connectivity index (χ1v) is 5.65. The second-order valence-corrected chi connectivity index (χ2v) is 4.31. The molecule has 0 unspecified atom stereocenters. The predicted molar refractivity (Wildman–Crippen MR) is 66.1 cm³/mol. The van der Waals surface area contributed by atoms with Gasteiger partial charge in [-0.1, -0.05) is 18.2 Å². The molecule has 0 fully saturated rings. The van der Waals surface area contributed by atoms with Gasteiger partial charge in [0, 0.05) is 10.4 Å². The van der Waals surface area contributed by atoms with Crippen molar-refractivity contribution in [3.05, 3.63) is 51.7 Å². The van der Waals surface area contributed by atoms with Crippen LogP contribution in [-0.2, 0) is 0 Å². The molecule has 2 aromatic rings. The zero-order valence-corrected chi connectivity index (χ0v) is 9.29. The first-order chi connectivity index (χ1) is 7.27. The summed E-state index contributed by atoms with van der Waals surface area (Å²) in [5, 5.41) is 11.6. The van der Waals surface area contributed by atoms with E-state index in [1.54, 1.807) is 17.4 Å². The third kappa shape index (κ3) is 2.28. The van der Waals surface area contributed by atoms with Gasteiger partial charge in [-0.05, 0) is 42.2 Å². The molecule has 1 nitrogen and oxygen atoms in total. The Balaban J connectivity index is 2.26. The average Bonchev–Trinajstić information content (AvgIpc) is 2.63. The van der Waals surface area contributed by atoms with Gasteiger partial charge in [-0.25, -0.2) is 0 Å². The fourth-order valence-electron chi connectivity index (χ4n) is 1.35. The number of aromatic hydroxyl groups is 1. The summed E-state index contributed by atoms with van der Waals surface area (Å²) in [6.45, 7) is 2.08. The van der Waals surface area contributed by atoms with Crippen LogP contribution in [0.2, 0.25) is 0 Å². The fraction of sp³-hybridized carbons (Fsp3) is 0.0769. The lowest BCUT2D eigenvalue weighted by molar-refractivity contribution is 0.474. The second kappa shape index (κ2) is 4.32. The van der Waals surface area contributed by atoms with E-state index in [-0.39, 0.29) is 0 Å². The van der Waals surface area contributed by atoms with Crippen LogP contribution in [0.4, 0.5) is 0 Å². The molecule has 1 heterocycles. The summed E-state index contributed by atoms with van der Waals surface area (Å²) in [6.07, 6.45) is 3.98. The summed E-state index contributed by atoms with van der Waals surface area (Å²) in [5.74, 6) is 0.322. The fourth-order valence-corrected chi connectivity index (χ4v) is 2.17. The number of hydrogen-bond donors (Lipinski definition) is 1. The van der Waals surface area contributed by atoms with Gasteiger partial charge in [0.1, 0.15) is 5.75 Å². The van der Waals surface area contributed by atoms with Crippen molar-refractivity contribution in [2.75, 3.05) is 0 Å². The van der Waals surface area contributed by atoms with Gasteiger partial charge in [0.05, 0.1) is 0 Å². The van der Waals surface area contributed by atoms with E-state index in [1.807, 2.05) is 30.4 Å². The molecule has 2 heteroatoms. The molecule has 0 aliphatic rings. The highest BCUT2D eigenvalue weighted by atomic mass is 32.1. The smallest absolute Gasteiger partial charge is 0.122 e. The van der Waals surface area contributed by atoms with Gasteiger partial charge in [0.25, 0.3) is 0 Å². The van der Waals surface area contributed by atoms with Crippen LogP contribution in [0.25, 0.3) is 12.2 Å². The van der Waals surface area contributed by atoms with E-state index in [0.29, 0.717) is 5.75 Å². The molecule has 0 aliphatic heterocycles. The third-order valence-electron chi connectivity index (χ3n) is 2.25. The molecule has 0 spiro atoms. The molecule has 0 radical (unpaired) electrons. The molecule has 0 aliphatic carbocycles. The van der Waals surface area contributed by atoms with Gasteiger partial charge >= 0.3 is 0 Å². The number of phenols is 1. The molecule has 1 aromatic heterocycles. The van der Waals surface area contributed by atoms with Crippen molar-refractivity contribution in [2.45, 2.75) is 6.92 Å². The highest BCUT2D eigenvalue weighted by Crippen LogP contribution is 2.22. The first kappa shape index (κ1) is 9.99. The number of rotatable bonds is 2. The summed E-state index contributed by atoms with van der Waals surface area (Å²) in [4.78, 5) is 1.23. The summed E-state index contributed by atoms with van der Waals surface area (Å²) < 4.78 is 0. The van der Waals surface area contributed by atoms with Gasteiger partial charge in [0.15, 0.2) is 0 Å². The summed E-state index contributed by atoms with van der Waals surface area (Å²) >= 11 is 1.71. The van der Waals surface area contributed by atoms with E-state index in [2.05, 4.69) is 18.4 Å². The van der Waals surface area contributed by atoms with Crippen LogP contribution < -0.4 is 0 Å². The zero-order valence-electron chi connectivity index (χ0n) is 8.47. The Morgan fingerprint density at radius 2 is 1.93 bits per heavy atom. The monoisotopic (exact) mass is 216 g/mol. The molecule has 0 saturated carbocycles. The molecule has 1 aromatic carbocycles. The number of phenolic OH excluding ortho intramolecular Hbond substituents is 1. The van der Waals surface area contributed by atoms with E-state index in [1.165, 1.54) is 10.4 Å². The van der Waals surface area contributed by atoms with Crippen molar-refractivity contribution < 1.29 is 5.11 Å². The van der Waals surface area contributed by atoms with Gasteiger partial charge < -0.3 is 5.11 Å². The minimum atomic E-state index is 0.322. The van der Waals surface area contributed by atoms with Crippen molar-refractivity contribution in [1.29, 1.82) is 0 Å². The van der Waals surface area contributed by atoms with Gasteiger partial charge in [0.2, 0.25) is 0 Å². The first-order valence-electron chi connectivity index (χ1n) is 4.77. The van der Waals surface area contributed by atoms with Crippen molar-refractivity contribution in [3.63, 3.8) is 0 Å². The van der Waals surface area contributed by atoms with E-state index in [0.717, 1.165) is 5.56 Å². The normalized spacial score (nSPS) is 11.0. The lowest BCUT2D eigenvalue weighted by Gasteiger charge is -1.96. The Morgan fingerprint density at radius 1 is 1.13 bits per heavy atom. The van der Waals surface area contributed by atoms with Gasteiger partial charge in [-0.15, -0.1) is 11.3 Å². The molecular weight excluding hydrogens is 204 g/mol. The van der Waals surface area contributed by atoms with Gasteiger partial charge in [-0.2, -0.15) is 0 Å². The topological polar surface area (TPSA) is 20.2 Å². The van der Waals surface area contributed by atoms with Crippen molar-refractivity contribution in [2.24, 2.45) is 0 Å². The molecule has 0 amide bonds. The summed E-state index contributed by atoms with van der Waals surface area (Å²) in [7, 11) is 0. The van der Waals surface area contributed by atoms with E-state index in [9.17, 15) is 5.11 Å². The molecule has 0 bridgehead atoms. The molecule has 76 valence electrons. The van der Waals surface area contributed by atoms with Crippen molar-refractivity contribution in [3.8, 4) is 5.75 Å². The lowest BCUT2D eigenvalue weighted by Crippen LogP contribution is -1.73. The van der Waals surface area contributed by atoms with E-state index >= 15 is 0 Å². The average molecular weight is 216 g/mol. The molecular formula is C13H12OS. The molecule has 0 atom stereocenters. The Labute approximate surface area is 93.3 Å². The van der Waals surface area contributed by atoms with Crippen LogP contribution in [0.15, 0.2) is 35.7 Å². The van der Waals surface area contributed by atoms with Crippen molar-refractivity contribution in [1.82, 2.24) is 0 Å². The van der Waals surface area contributed by atoms with Crippen LogP contribution in [0.3, 0.4) is 0 Å². The summed E-state index contributed by atoms with van der Waals surface area (Å²) in [5.41, 5.74) is 2.12.